The molecule has 0 aliphatic carbocycles. The van der Waals surface area contributed by atoms with E-state index in [0.29, 0.717) is 0 Å². The van der Waals surface area contributed by atoms with E-state index in [1.807, 2.05) is 53.6 Å². The number of aromatic nitrogens is 1. The minimum atomic E-state index is 0.119. The molecule has 2 aromatic carbocycles. The number of rotatable bonds is 4. The molecule has 26 heavy (non-hydrogen) atoms. The Bertz CT molecular complexity index is 884. The second kappa shape index (κ2) is 7.68. The summed E-state index contributed by atoms with van der Waals surface area (Å²) in [5.41, 5.74) is 1.78. The number of carbonyl (C=O) groups is 1. The average molecular weight is 385 g/mol. The molecule has 2 heterocycles. The molecule has 6 heteroatoms. The number of thioether (sulfide) groups is 1. The molecule has 134 valence electrons. The number of likely N-dealkylation sites (tertiary alicyclic amines) is 1. The van der Waals surface area contributed by atoms with Crippen molar-refractivity contribution in [2.45, 2.75) is 23.8 Å². The van der Waals surface area contributed by atoms with E-state index in [4.69, 9.17) is 4.74 Å². The smallest absolute Gasteiger partial charge is 0.274 e. The Kier molecular flexibility index (Phi) is 5.13. The summed E-state index contributed by atoms with van der Waals surface area (Å²) in [6, 6.07) is 15.9. The molecule has 0 N–H and O–H groups in total. The van der Waals surface area contributed by atoms with Gasteiger partial charge in [0, 0.05) is 30.8 Å². The van der Waals surface area contributed by atoms with Crippen LogP contribution in [0.3, 0.4) is 0 Å². The lowest BCUT2D eigenvalue weighted by Crippen LogP contribution is -2.41. The molecule has 1 aromatic heterocycles. The fourth-order valence-electron chi connectivity index (χ4n) is 3.21. The highest BCUT2D eigenvalue weighted by molar-refractivity contribution is 7.98. The third-order valence-corrected chi connectivity index (χ3v) is 6.33. The first-order chi connectivity index (χ1) is 12.7. The van der Waals surface area contributed by atoms with E-state index >= 15 is 0 Å². The number of amides is 1. The molecule has 0 spiro atoms. The number of nitrogens with zero attached hydrogens (tertiary/aromatic N) is 2. The Labute approximate surface area is 161 Å². The van der Waals surface area contributed by atoms with E-state index in [0.717, 1.165) is 51.8 Å². The maximum Gasteiger partial charge on any atom is 0.274 e. The molecule has 0 unspecified atom stereocenters. The van der Waals surface area contributed by atoms with Crippen molar-refractivity contribution in [2.24, 2.45) is 0 Å². The van der Waals surface area contributed by atoms with E-state index in [1.165, 1.54) is 0 Å². The van der Waals surface area contributed by atoms with Crippen LogP contribution < -0.4 is 4.74 Å². The SMILES string of the molecule is CSc1ccccc1C(=O)N1CCC(Oc2nc3ccccc3s2)CC1. The molecule has 1 aliphatic heterocycles. The first-order valence-corrected chi connectivity index (χ1v) is 10.7. The van der Waals surface area contributed by atoms with Crippen LogP contribution in [-0.4, -0.2) is 41.2 Å². The molecule has 1 saturated heterocycles. The number of fused-ring (bicyclic) bond motifs is 1. The Morgan fingerprint density at radius 1 is 1.15 bits per heavy atom. The van der Waals surface area contributed by atoms with E-state index < -0.39 is 0 Å². The van der Waals surface area contributed by atoms with Gasteiger partial charge in [0.15, 0.2) is 0 Å². The van der Waals surface area contributed by atoms with Crippen LogP contribution in [0.25, 0.3) is 10.2 Å². The summed E-state index contributed by atoms with van der Waals surface area (Å²) in [5, 5.41) is 0.726. The average Bonchev–Trinajstić information content (AvgIpc) is 3.10. The van der Waals surface area contributed by atoms with Gasteiger partial charge < -0.3 is 9.64 Å². The van der Waals surface area contributed by atoms with Crippen molar-refractivity contribution in [2.75, 3.05) is 19.3 Å². The van der Waals surface area contributed by atoms with Gasteiger partial charge in [-0.15, -0.1) is 11.8 Å². The van der Waals surface area contributed by atoms with Crippen molar-refractivity contribution in [3.05, 3.63) is 54.1 Å². The summed E-state index contributed by atoms with van der Waals surface area (Å²) in [6.07, 6.45) is 3.80. The summed E-state index contributed by atoms with van der Waals surface area (Å²) in [6.45, 7) is 1.44. The van der Waals surface area contributed by atoms with Crippen LogP contribution >= 0.6 is 23.1 Å². The van der Waals surface area contributed by atoms with Crippen molar-refractivity contribution < 1.29 is 9.53 Å². The van der Waals surface area contributed by atoms with E-state index in [2.05, 4.69) is 11.1 Å². The van der Waals surface area contributed by atoms with Gasteiger partial charge in [0.2, 0.25) is 0 Å². The Hall–Kier alpha value is -2.05. The van der Waals surface area contributed by atoms with Crippen molar-refractivity contribution in [3.8, 4) is 5.19 Å². The van der Waals surface area contributed by atoms with Gasteiger partial charge in [-0.05, 0) is 30.5 Å². The number of hydrogen-bond donors (Lipinski definition) is 0. The van der Waals surface area contributed by atoms with Crippen LogP contribution in [-0.2, 0) is 0 Å². The van der Waals surface area contributed by atoms with Crippen LogP contribution in [0, 0.1) is 0 Å². The van der Waals surface area contributed by atoms with Gasteiger partial charge >= 0.3 is 0 Å². The maximum atomic E-state index is 12.8. The molecule has 0 saturated carbocycles. The van der Waals surface area contributed by atoms with Gasteiger partial charge in [-0.2, -0.15) is 0 Å². The second-order valence-corrected chi connectivity index (χ2v) is 8.10. The van der Waals surface area contributed by atoms with E-state index in [-0.39, 0.29) is 12.0 Å². The summed E-state index contributed by atoms with van der Waals surface area (Å²) in [7, 11) is 0. The third kappa shape index (κ3) is 3.57. The Morgan fingerprint density at radius 3 is 2.65 bits per heavy atom. The molecule has 1 fully saturated rings. The van der Waals surface area contributed by atoms with Gasteiger partial charge in [0.25, 0.3) is 11.1 Å². The van der Waals surface area contributed by atoms with Gasteiger partial charge in [-0.25, -0.2) is 4.98 Å². The van der Waals surface area contributed by atoms with Crippen molar-refractivity contribution in [3.63, 3.8) is 0 Å². The lowest BCUT2D eigenvalue weighted by atomic mass is 10.1. The molecule has 0 bridgehead atoms. The molecule has 1 amide bonds. The fraction of sp³-hybridized carbons (Fsp3) is 0.300. The quantitative estimate of drug-likeness (QED) is 0.612. The summed E-state index contributed by atoms with van der Waals surface area (Å²) >= 11 is 3.20. The highest BCUT2D eigenvalue weighted by Gasteiger charge is 2.26. The Morgan fingerprint density at radius 2 is 1.88 bits per heavy atom. The number of benzene rings is 2. The number of para-hydroxylation sites is 1. The molecule has 0 radical (unpaired) electrons. The van der Waals surface area contributed by atoms with Gasteiger partial charge in [0.05, 0.1) is 15.8 Å². The molecule has 1 aliphatic rings. The maximum absolute atomic E-state index is 12.8. The zero-order valence-corrected chi connectivity index (χ0v) is 16.2. The van der Waals surface area contributed by atoms with E-state index in [9.17, 15) is 4.79 Å². The van der Waals surface area contributed by atoms with Gasteiger partial charge in [-0.3, -0.25) is 4.79 Å². The van der Waals surface area contributed by atoms with Crippen LogP contribution in [0.15, 0.2) is 53.4 Å². The lowest BCUT2D eigenvalue weighted by Gasteiger charge is -2.32. The predicted molar refractivity (Wildman–Crippen MR) is 107 cm³/mol. The van der Waals surface area contributed by atoms with E-state index in [1.54, 1.807) is 23.1 Å². The van der Waals surface area contributed by atoms with Crippen molar-refractivity contribution in [1.82, 2.24) is 9.88 Å². The first-order valence-electron chi connectivity index (χ1n) is 8.69. The Balaban J connectivity index is 1.38. The minimum absolute atomic E-state index is 0.119. The van der Waals surface area contributed by atoms with Crippen LogP contribution in [0.2, 0.25) is 0 Å². The number of piperidine rings is 1. The zero-order valence-electron chi connectivity index (χ0n) is 14.6. The predicted octanol–water partition coefficient (Wildman–Crippen LogP) is 4.70. The molecular weight excluding hydrogens is 364 g/mol. The third-order valence-electron chi connectivity index (χ3n) is 4.61. The molecular formula is C20H20N2O2S2. The number of ether oxygens (including phenoxy) is 1. The van der Waals surface area contributed by atoms with Crippen LogP contribution in [0.5, 0.6) is 5.19 Å². The summed E-state index contributed by atoms with van der Waals surface area (Å²) in [4.78, 5) is 20.3. The molecule has 4 rings (SSSR count). The van der Waals surface area contributed by atoms with Crippen molar-refractivity contribution >= 4 is 39.2 Å². The summed E-state index contributed by atoms with van der Waals surface area (Å²) < 4.78 is 7.23. The molecule has 3 aromatic rings. The van der Waals surface area contributed by atoms with Gasteiger partial charge in [0.1, 0.15) is 6.10 Å². The normalized spacial score (nSPS) is 15.3. The highest BCUT2D eigenvalue weighted by Crippen LogP contribution is 2.30. The number of carbonyl (C=O) groups excluding carboxylic acids is 1. The fourth-order valence-corrected chi connectivity index (χ4v) is 4.68. The lowest BCUT2D eigenvalue weighted by molar-refractivity contribution is 0.0592. The monoisotopic (exact) mass is 384 g/mol. The van der Waals surface area contributed by atoms with Crippen molar-refractivity contribution in [1.29, 1.82) is 0 Å². The zero-order chi connectivity index (χ0) is 17.9. The minimum Gasteiger partial charge on any atom is -0.467 e. The standard InChI is InChI=1S/C20H20N2O2S2/c1-25-17-8-4-2-6-15(17)19(23)22-12-10-14(11-13-22)24-20-21-16-7-3-5-9-18(16)26-20/h2-9,14H,10-13H2,1H3. The highest BCUT2D eigenvalue weighted by atomic mass is 32.2. The summed E-state index contributed by atoms with van der Waals surface area (Å²) in [5.74, 6) is 0.119. The van der Waals surface area contributed by atoms with Gasteiger partial charge in [-0.1, -0.05) is 35.6 Å². The molecule has 4 nitrogen and oxygen atoms in total. The second-order valence-electron chi connectivity index (χ2n) is 6.26. The first kappa shape index (κ1) is 17.4. The number of thiazole rings is 1. The molecule has 0 atom stereocenters. The van der Waals surface area contributed by atoms with Crippen LogP contribution in [0.1, 0.15) is 23.2 Å². The largest absolute Gasteiger partial charge is 0.467 e. The topological polar surface area (TPSA) is 42.4 Å². The number of hydrogen-bond acceptors (Lipinski definition) is 5. The van der Waals surface area contributed by atoms with Crippen LogP contribution in [0.4, 0.5) is 0 Å².